The molecule has 1 aromatic carbocycles. The van der Waals surface area contributed by atoms with E-state index >= 15 is 0 Å². The van der Waals surface area contributed by atoms with Gasteiger partial charge in [-0.3, -0.25) is 4.79 Å². The Kier molecular flexibility index (Phi) is 4.30. The number of hydrogen-bond acceptors (Lipinski definition) is 3. The average molecular weight is 349 g/mol. The summed E-state index contributed by atoms with van der Waals surface area (Å²) in [5, 5.41) is 3.30. The lowest BCUT2D eigenvalue weighted by molar-refractivity contribution is 0.0497. The topological polar surface area (TPSA) is 60.3 Å². The van der Waals surface area contributed by atoms with Gasteiger partial charge in [-0.1, -0.05) is 18.2 Å². The van der Waals surface area contributed by atoms with E-state index in [1.807, 2.05) is 45.0 Å². The summed E-state index contributed by atoms with van der Waals surface area (Å²) >= 11 is 5.84. The van der Waals surface area contributed by atoms with Crippen LogP contribution in [-0.4, -0.2) is 27.5 Å². The molecule has 1 aliphatic heterocycles. The molecule has 2 aromatic rings. The lowest BCUT2D eigenvalue weighted by Gasteiger charge is -2.28. The minimum absolute atomic E-state index is 0.0774. The molecule has 128 valence electrons. The maximum atomic E-state index is 12.0. The van der Waals surface area contributed by atoms with Crippen LogP contribution < -0.4 is 5.32 Å². The number of carbonyl (C=O) groups is 2. The van der Waals surface area contributed by atoms with Gasteiger partial charge < -0.3 is 14.6 Å². The molecule has 0 radical (unpaired) electrons. The number of halogens is 1. The predicted molar refractivity (Wildman–Crippen MR) is 93.6 cm³/mol. The van der Waals surface area contributed by atoms with Crippen molar-refractivity contribution < 1.29 is 14.3 Å². The molecular weight excluding hydrogens is 328 g/mol. The predicted octanol–water partition coefficient (Wildman–Crippen LogP) is 3.86. The van der Waals surface area contributed by atoms with Gasteiger partial charge in [-0.25, -0.2) is 4.79 Å². The third-order valence-corrected chi connectivity index (χ3v) is 4.33. The Balaban J connectivity index is 1.88. The lowest BCUT2D eigenvalue weighted by Crippen LogP contribution is -2.42. The van der Waals surface area contributed by atoms with Crippen LogP contribution in [0.5, 0.6) is 0 Å². The van der Waals surface area contributed by atoms with Gasteiger partial charge in [-0.15, -0.1) is 0 Å². The quantitative estimate of drug-likeness (QED) is 0.838. The van der Waals surface area contributed by atoms with E-state index in [4.69, 9.17) is 16.3 Å². The van der Waals surface area contributed by atoms with Crippen molar-refractivity contribution in [2.24, 2.45) is 0 Å². The zero-order valence-corrected chi connectivity index (χ0v) is 14.8. The van der Waals surface area contributed by atoms with Crippen LogP contribution in [-0.2, 0) is 17.7 Å². The maximum Gasteiger partial charge on any atom is 0.407 e. The monoisotopic (exact) mass is 348 g/mol. The van der Waals surface area contributed by atoms with Crippen LogP contribution in [0, 0.1) is 0 Å². The second-order valence-corrected chi connectivity index (χ2v) is 7.44. The molecule has 2 heterocycles. The van der Waals surface area contributed by atoms with Crippen molar-refractivity contribution in [2.45, 2.75) is 51.8 Å². The number of nitrogens with zero attached hydrogens (tertiary/aromatic N) is 1. The van der Waals surface area contributed by atoms with Crippen LogP contribution >= 0.6 is 11.6 Å². The van der Waals surface area contributed by atoms with E-state index in [9.17, 15) is 9.59 Å². The number of rotatable bonds is 2. The van der Waals surface area contributed by atoms with Gasteiger partial charge in [0.1, 0.15) is 5.60 Å². The Hall–Kier alpha value is -2.01. The number of aromatic nitrogens is 1. The van der Waals surface area contributed by atoms with Crippen LogP contribution in [0.3, 0.4) is 0 Å². The van der Waals surface area contributed by atoms with Crippen LogP contribution in [0.15, 0.2) is 24.3 Å². The Bertz CT molecular complexity index is 804. The van der Waals surface area contributed by atoms with Crippen molar-refractivity contribution in [3.05, 3.63) is 35.5 Å². The van der Waals surface area contributed by atoms with Gasteiger partial charge >= 0.3 is 6.09 Å². The van der Waals surface area contributed by atoms with Crippen molar-refractivity contribution in [3.63, 3.8) is 0 Å². The molecule has 1 aromatic heterocycles. The largest absolute Gasteiger partial charge is 0.444 e. The van der Waals surface area contributed by atoms with Gasteiger partial charge in [-0.05, 0) is 44.9 Å². The van der Waals surface area contributed by atoms with Crippen LogP contribution in [0.25, 0.3) is 10.9 Å². The molecule has 0 fully saturated rings. The highest BCUT2D eigenvalue weighted by molar-refractivity contribution is 6.68. The number of fused-ring (bicyclic) bond motifs is 3. The molecule has 0 aliphatic carbocycles. The smallest absolute Gasteiger partial charge is 0.407 e. The first-order valence-corrected chi connectivity index (χ1v) is 8.43. The minimum atomic E-state index is -0.537. The molecule has 1 aliphatic rings. The van der Waals surface area contributed by atoms with Crippen LogP contribution in [0.2, 0.25) is 0 Å². The summed E-state index contributed by atoms with van der Waals surface area (Å²) < 4.78 is 7.44. The Morgan fingerprint density at radius 3 is 2.67 bits per heavy atom. The molecule has 1 amide bonds. The highest BCUT2D eigenvalue weighted by atomic mass is 35.5. The number of benzene rings is 1. The van der Waals surface area contributed by atoms with Crippen molar-refractivity contribution in [1.29, 1.82) is 0 Å². The first-order valence-electron chi connectivity index (χ1n) is 8.05. The third kappa shape index (κ3) is 3.26. The fraction of sp³-hybridized carbons (Fsp3) is 0.444. The van der Waals surface area contributed by atoms with E-state index in [1.54, 1.807) is 0 Å². The van der Waals surface area contributed by atoms with Gasteiger partial charge in [0.15, 0.2) is 0 Å². The first kappa shape index (κ1) is 16.8. The summed E-state index contributed by atoms with van der Waals surface area (Å²) in [5.41, 5.74) is 1.89. The Morgan fingerprint density at radius 1 is 1.29 bits per heavy atom. The Labute approximate surface area is 145 Å². The van der Waals surface area contributed by atoms with Crippen molar-refractivity contribution in [2.75, 3.05) is 0 Å². The van der Waals surface area contributed by atoms with E-state index in [0.29, 0.717) is 12.0 Å². The van der Waals surface area contributed by atoms with E-state index in [2.05, 4.69) is 9.88 Å². The summed E-state index contributed by atoms with van der Waals surface area (Å²) in [6, 6.07) is 7.67. The van der Waals surface area contributed by atoms with Gasteiger partial charge in [0, 0.05) is 35.6 Å². The summed E-state index contributed by atoms with van der Waals surface area (Å²) in [4.78, 5) is 23.9. The zero-order chi connectivity index (χ0) is 17.5. The molecule has 0 saturated heterocycles. The number of hydrogen-bond donors (Lipinski definition) is 1. The van der Waals surface area contributed by atoms with E-state index < -0.39 is 16.9 Å². The summed E-state index contributed by atoms with van der Waals surface area (Å²) in [7, 11) is 0. The minimum Gasteiger partial charge on any atom is -0.444 e. The molecule has 3 rings (SSSR count). The lowest BCUT2D eigenvalue weighted by atomic mass is 10.0. The fourth-order valence-electron chi connectivity index (χ4n) is 3.26. The fourth-order valence-corrected chi connectivity index (χ4v) is 3.47. The second-order valence-electron chi connectivity index (χ2n) is 7.10. The summed E-state index contributed by atoms with van der Waals surface area (Å²) in [5.74, 6) is 0. The number of carbonyl (C=O) groups excluding carboxylic acids is 2. The number of alkyl carbamates (subject to hydrolysis) is 1. The molecule has 0 saturated carbocycles. The molecule has 5 nitrogen and oxygen atoms in total. The van der Waals surface area contributed by atoms with Crippen LogP contribution in [0.4, 0.5) is 4.79 Å². The maximum absolute atomic E-state index is 12.0. The van der Waals surface area contributed by atoms with Crippen LogP contribution in [0.1, 0.15) is 43.2 Å². The zero-order valence-electron chi connectivity index (χ0n) is 14.1. The van der Waals surface area contributed by atoms with Gasteiger partial charge in [-0.2, -0.15) is 0 Å². The molecule has 1 atom stereocenters. The molecule has 0 spiro atoms. The third-order valence-electron chi connectivity index (χ3n) is 4.14. The number of nitrogens with one attached hydrogen (secondary N) is 1. The summed E-state index contributed by atoms with van der Waals surface area (Å²) in [6.45, 7) is 6.21. The first-order chi connectivity index (χ1) is 11.3. The molecular formula is C18H21ClN2O3. The molecule has 0 bridgehead atoms. The van der Waals surface area contributed by atoms with E-state index in [0.717, 1.165) is 29.6 Å². The number of amides is 1. The van der Waals surface area contributed by atoms with Crippen molar-refractivity contribution in [1.82, 2.24) is 9.88 Å². The normalized spacial score (nSPS) is 17.4. The highest BCUT2D eigenvalue weighted by Crippen LogP contribution is 2.32. The van der Waals surface area contributed by atoms with Gasteiger partial charge in [0.25, 0.3) is 5.24 Å². The number of aryl methyl sites for hydroxylation is 1. The number of para-hydroxylation sites is 1. The van der Waals surface area contributed by atoms with E-state index in [-0.39, 0.29) is 6.04 Å². The summed E-state index contributed by atoms with van der Waals surface area (Å²) in [6.07, 6.45) is 0.901. The Morgan fingerprint density at radius 2 is 2.00 bits per heavy atom. The molecule has 6 heteroatoms. The van der Waals surface area contributed by atoms with Crippen molar-refractivity contribution >= 4 is 33.8 Å². The second kappa shape index (κ2) is 6.13. The molecule has 1 unspecified atom stereocenters. The highest BCUT2D eigenvalue weighted by Gasteiger charge is 2.29. The molecule has 1 N–H and O–H groups in total. The standard InChI is InChI=1S/C18H21ClN2O3/c1-18(2,3)24-17(23)20-11-8-9-21-13-7-5-4-6-12(13)15(16(19)22)14(21)10-11/h4-7,11H,8-10H2,1-3H3,(H,20,23). The average Bonchev–Trinajstić information content (AvgIpc) is 2.78. The van der Waals surface area contributed by atoms with Crippen molar-refractivity contribution in [3.8, 4) is 0 Å². The van der Waals surface area contributed by atoms with Gasteiger partial charge in [0.2, 0.25) is 0 Å². The number of ether oxygens (including phenoxy) is 1. The van der Waals surface area contributed by atoms with Gasteiger partial charge in [0.05, 0.1) is 5.56 Å². The van der Waals surface area contributed by atoms with E-state index in [1.165, 1.54) is 0 Å². The SMILES string of the molecule is CC(C)(C)OC(=O)NC1CCn2c(c(C(=O)Cl)c3ccccc32)C1. The molecule has 24 heavy (non-hydrogen) atoms.